The molecule has 1 aliphatic carbocycles. The van der Waals surface area contributed by atoms with Crippen LogP contribution in [0.25, 0.3) is 0 Å². The third kappa shape index (κ3) is 3.40. The second-order valence-electron chi connectivity index (χ2n) is 6.13. The summed E-state index contributed by atoms with van der Waals surface area (Å²) in [6, 6.07) is 0. The minimum atomic E-state index is -4.05. The van der Waals surface area contributed by atoms with Gasteiger partial charge in [0, 0.05) is 16.2 Å². The quantitative estimate of drug-likeness (QED) is 0.828. The fourth-order valence-corrected chi connectivity index (χ4v) is 4.13. The molecule has 1 heterocycles. The lowest BCUT2D eigenvalue weighted by Crippen LogP contribution is -2.44. The lowest BCUT2D eigenvalue weighted by Gasteiger charge is -2.24. The average Bonchev–Trinajstić information content (AvgIpc) is 2.93. The van der Waals surface area contributed by atoms with E-state index in [9.17, 15) is 13.2 Å². The summed E-state index contributed by atoms with van der Waals surface area (Å²) in [6.45, 7) is 5.57. The third-order valence-corrected chi connectivity index (χ3v) is 5.27. The van der Waals surface area contributed by atoms with Crippen LogP contribution in [-0.2, 0) is 9.05 Å². The van der Waals surface area contributed by atoms with Gasteiger partial charge in [0.05, 0.1) is 5.69 Å². The molecule has 0 atom stereocenters. The van der Waals surface area contributed by atoms with Crippen LogP contribution in [0.3, 0.4) is 0 Å². The van der Waals surface area contributed by atoms with E-state index in [0.29, 0.717) is 5.69 Å². The maximum absolute atomic E-state index is 12.4. The van der Waals surface area contributed by atoms with Crippen LogP contribution in [0.1, 0.15) is 68.6 Å². The predicted molar refractivity (Wildman–Crippen MR) is 80.1 cm³/mol. The summed E-state index contributed by atoms with van der Waals surface area (Å²) < 4.78 is 23.6. The van der Waals surface area contributed by atoms with Crippen molar-refractivity contribution in [1.82, 2.24) is 15.5 Å². The van der Waals surface area contributed by atoms with Crippen LogP contribution in [0.15, 0.2) is 4.90 Å². The van der Waals surface area contributed by atoms with Crippen LogP contribution in [-0.4, -0.2) is 30.1 Å². The smallest absolute Gasteiger partial charge is 0.273 e. The molecule has 6 nitrogen and oxygen atoms in total. The highest BCUT2D eigenvalue weighted by molar-refractivity contribution is 8.13. The number of nitrogens with one attached hydrogen (secondary N) is 2. The SMILES string of the molecule is CC(C)c1[nH]nc(C(=O)NC2(C)CCCC2)c1S(=O)(=O)Cl. The van der Waals surface area contributed by atoms with E-state index >= 15 is 0 Å². The van der Waals surface area contributed by atoms with Crippen molar-refractivity contribution >= 4 is 25.6 Å². The Morgan fingerprint density at radius 1 is 1.38 bits per heavy atom. The zero-order valence-electron chi connectivity index (χ0n) is 12.4. The molecule has 0 spiro atoms. The standard InChI is InChI=1S/C13H20ClN3O3S/c1-8(2)9-11(21(14,19)20)10(17-16-9)12(18)15-13(3)6-4-5-7-13/h8H,4-7H2,1-3H3,(H,15,18)(H,16,17). The summed E-state index contributed by atoms with van der Waals surface area (Å²) in [5.74, 6) is -0.633. The normalized spacial score (nSPS) is 18.1. The number of carbonyl (C=O) groups is 1. The summed E-state index contributed by atoms with van der Waals surface area (Å²) in [4.78, 5) is 12.2. The summed E-state index contributed by atoms with van der Waals surface area (Å²) in [5, 5.41) is 9.39. The van der Waals surface area contributed by atoms with Gasteiger partial charge in [-0.25, -0.2) is 8.42 Å². The lowest BCUT2D eigenvalue weighted by molar-refractivity contribution is 0.0899. The van der Waals surface area contributed by atoms with E-state index < -0.39 is 15.0 Å². The molecule has 8 heteroatoms. The van der Waals surface area contributed by atoms with Crippen LogP contribution in [0.4, 0.5) is 0 Å². The molecule has 0 aromatic carbocycles. The average molecular weight is 334 g/mol. The summed E-state index contributed by atoms with van der Waals surface area (Å²) in [6.07, 6.45) is 3.86. The Hall–Kier alpha value is -1.08. The van der Waals surface area contributed by atoms with Gasteiger partial charge < -0.3 is 5.32 Å². The van der Waals surface area contributed by atoms with Gasteiger partial charge in [-0.1, -0.05) is 26.7 Å². The van der Waals surface area contributed by atoms with Crippen molar-refractivity contribution in [3.05, 3.63) is 11.4 Å². The number of rotatable bonds is 4. The zero-order chi connectivity index (χ0) is 15.8. The molecule has 0 radical (unpaired) electrons. The number of amides is 1. The largest absolute Gasteiger partial charge is 0.345 e. The van der Waals surface area contributed by atoms with E-state index in [-0.39, 0.29) is 22.0 Å². The highest BCUT2D eigenvalue weighted by Crippen LogP contribution is 2.31. The first-order valence-corrected chi connectivity index (χ1v) is 9.30. The van der Waals surface area contributed by atoms with E-state index in [0.717, 1.165) is 25.7 Å². The predicted octanol–water partition coefficient (Wildman–Crippen LogP) is 2.52. The van der Waals surface area contributed by atoms with Crippen molar-refractivity contribution < 1.29 is 13.2 Å². The first kappa shape index (κ1) is 16.3. The van der Waals surface area contributed by atoms with Crippen molar-refractivity contribution in [2.24, 2.45) is 0 Å². The molecule has 1 aliphatic rings. The zero-order valence-corrected chi connectivity index (χ0v) is 13.9. The Balaban J connectivity index is 2.38. The Bertz CT molecular complexity index is 646. The van der Waals surface area contributed by atoms with Gasteiger partial charge in [-0.3, -0.25) is 9.89 Å². The molecule has 0 aliphatic heterocycles. The van der Waals surface area contributed by atoms with Crippen molar-refractivity contribution in [2.45, 2.75) is 62.8 Å². The number of nitrogens with zero attached hydrogens (tertiary/aromatic N) is 1. The van der Waals surface area contributed by atoms with Crippen molar-refractivity contribution in [3.8, 4) is 0 Å². The Morgan fingerprint density at radius 2 is 1.95 bits per heavy atom. The van der Waals surface area contributed by atoms with Gasteiger partial charge >= 0.3 is 0 Å². The molecule has 1 aromatic heterocycles. The highest BCUT2D eigenvalue weighted by Gasteiger charge is 2.35. The van der Waals surface area contributed by atoms with Gasteiger partial charge in [-0.05, 0) is 25.7 Å². The number of H-pyrrole nitrogens is 1. The molecule has 21 heavy (non-hydrogen) atoms. The second kappa shape index (κ2) is 5.61. The lowest BCUT2D eigenvalue weighted by atomic mass is 10.0. The third-order valence-electron chi connectivity index (χ3n) is 3.91. The number of hydrogen-bond acceptors (Lipinski definition) is 4. The first-order valence-electron chi connectivity index (χ1n) is 6.99. The van der Waals surface area contributed by atoms with Crippen LogP contribution in [0, 0.1) is 0 Å². The molecule has 118 valence electrons. The molecule has 0 unspecified atom stereocenters. The van der Waals surface area contributed by atoms with Gasteiger partial charge in [0.25, 0.3) is 15.0 Å². The number of hydrogen-bond donors (Lipinski definition) is 2. The van der Waals surface area contributed by atoms with Crippen molar-refractivity contribution in [3.63, 3.8) is 0 Å². The molecular weight excluding hydrogens is 314 g/mol. The number of aromatic nitrogens is 2. The van der Waals surface area contributed by atoms with Crippen molar-refractivity contribution in [2.75, 3.05) is 0 Å². The van der Waals surface area contributed by atoms with Gasteiger partial charge in [0.15, 0.2) is 5.69 Å². The molecule has 1 saturated carbocycles. The monoisotopic (exact) mass is 333 g/mol. The van der Waals surface area contributed by atoms with E-state index in [4.69, 9.17) is 10.7 Å². The van der Waals surface area contributed by atoms with Gasteiger partial charge in [0.2, 0.25) is 0 Å². The molecule has 0 saturated heterocycles. The maximum Gasteiger partial charge on any atom is 0.273 e. The Morgan fingerprint density at radius 3 is 2.43 bits per heavy atom. The van der Waals surface area contributed by atoms with E-state index in [2.05, 4.69) is 15.5 Å². The molecule has 2 N–H and O–H groups in total. The fourth-order valence-electron chi connectivity index (χ4n) is 2.75. The number of aromatic amines is 1. The molecule has 1 amide bonds. The highest BCUT2D eigenvalue weighted by atomic mass is 35.7. The van der Waals surface area contributed by atoms with Gasteiger partial charge in [0.1, 0.15) is 4.90 Å². The summed E-state index contributed by atoms with van der Waals surface area (Å²) >= 11 is 0. The Labute approximate surface area is 129 Å². The maximum atomic E-state index is 12.4. The molecule has 1 fully saturated rings. The minimum absolute atomic E-state index is 0.135. The van der Waals surface area contributed by atoms with Crippen LogP contribution in [0.2, 0.25) is 0 Å². The molecule has 0 bridgehead atoms. The van der Waals surface area contributed by atoms with E-state index in [1.165, 1.54) is 0 Å². The van der Waals surface area contributed by atoms with Crippen molar-refractivity contribution in [1.29, 1.82) is 0 Å². The summed E-state index contributed by atoms with van der Waals surface area (Å²) in [7, 11) is 1.44. The number of carbonyl (C=O) groups excluding carboxylic acids is 1. The van der Waals surface area contributed by atoms with Crippen LogP contribution >= 0.6 is 10.7 Å². The number of halogens is 1. The minimum Gasteiger partial charge on any atom is -0.345 e. The van der Waals surface area contributed by atoms with Crippen LogP contribution < -0.4 is 5.32 Å². The van der Waals surface area contributed by atoms with Gasteiger partial charge in [-0.2, -0.15) is 5.10 Å². The fraction of sp³-hybridized carbons (Fsp3) is 0.692. The topological polar surface area (TPSA) is 91.9 Å². The van der Waals surface area contributed by atoms with E-state index in [1.807, 2.05) is 6.92 Å². The first-order chi connectivity index (χ1) is 9.64. The second-order valence-corrected chi connectivity index (χ2v) is 8.63. The summed E-state index contributed by atoms with van der Waals surface area (Å²) in [5.41, 5.74) is -0.102. The Kier molecular flexibility index (Phi) is 4.35. The molecular formula is C13H20ClN3O3S. The van der Waals surface area contributed by atoms with Crippen LogP contribution in [0.5, 0.6) is 0 Å². The molecule has 1 aromatic rings. The van der Waals surface area contributed by atoms with E-state index in [1.54, 1.807) is 13.8 Å². The molecule has 2 rings (SSSR count). The van der Waals surface area contributed by atoms with Gasteiger partial charge in [-0.15, -0.1) is 0 Å².